The summed E-state index contributed by atoms with van der Waals surface area (Å²) < 4.78 is 1.01. The van der Waals surface area contributed by atoms with Crippen molar-refractivity contribution in [3.63, 3.8) is 0 Å². The van der Waals surface area contributed by atoms with Crippen molar-refractivity contribution >= 4 is 27.3 Å². The highest BCUT2D eigenvalue weighted by Gasteiger charge is 2.19. The monoisotopic (exact) mass is 284 g/mol. The number of nitrogens with two attached hydrogens (primary N) is 1. The Labute approximate surface area is 104 Å². The number of nitrogens with zero attached hydrogens (tertiary/aromatic N) is 1. The van der Waals surface area contributed by atoms with Crippen LogP contribution in [-0.4, -0.2) is 24.8 Å². The summed E-state index contributed by atoms with van der Waals surface area (Å²) in [6, 6.07) is 6.01. The lowest BCUT2D eigenvalue weighted by atomic mass is 9.97. The van der Waals surface area contributed by atoms with Crippen LogP contribution in [0, 0.1) is 5.92 Å². The number of benzene rings is 1. The van der Waals surface area contributed by atoms with Gasteiger partial charge in [0.15, 0.2) is 0 Å². The van der Waals surface area contributed by atoms with Gasteiger partial charge in [0.1, 0.15) is 0 Å². The molecule has 1 fully saturated rings. The fraction of sp³-hybridized carbons (Fsp3) is 0.500. The minimum atomic E-state index is 0.309. The highest BCUT2D eigenvalue weighted by atomic mass is 79.9. The Kier molecular flexibility index (Phi) is 3.71. The van der Waals surface area contributed by atoms with Crippen molar-refractivity contribution in [3.8, 4) is 0 Å². The van der Waals surface area contributed by atoms with Gasteiger partial charge in [0.25, 0.3) is 0 Å². The molecule has 1 aliphatic heterocycles. The largest absolute Gasteiger partial charge is 0.397 e. The first kappa shape index (κ1) is 11.7. The van der Waals surface area contributed by atoms with Crippen LogP contribution in [0.5, 0.6) is 0 Å². The van der Waals surface area contributed by atoms with Gasteiger partial charge in [0.05, 0.1) is 11.4 Å². The molecule has 0 spiro atoms. The predicted octanol–water partition coefficient (Wildman–Crippen LogP) is 2.24. The fourth-order valence-corrected chi connectivity index (χ4v) is 2.55. The standard InChI is InChI=1S/C12H17BrN2O/c13-10-1-2-12(11(14)7-10)15-5-3-9(8-16)4-6-15/h1-2,7,9,16H,3-6,8,14H2. The van der Waals surface area contributed by atoms with Gasteiger partial charge >= 0.3 is 0 Å². The Balaban J connectivity index is 2.08. The highest BCUT2D eigenvalue weighted by molar-refractivity contribution is 9.10. The fourth-order valence-electron chi connectivity index (χ4n) is 2.17. The molecular weight excluding hydrogens is 268 g/mol. The van der Waals surface area contributed by atoms with Crippen molar-refractivity contribution in [1.82, 2.24) is 0 Å². The average Bonchev–Trinajstić information content (AvgIpc) is 2.29. The number of hydrogen-bond donors (Lipinski definition) is 2. The van der Waals surface area contributed by atoms with Gasteiger partial charge in [0.2, 0.25) is 0 Å². The van der Waals surface area contributed by atoms with E-state index in [0.29, 0.717) is 12.5 Å². The van der Waals surface area contributed by atoms with E-state index in [9.17, 15) is 0 Å². The minimum Gasteiger partial charge on any atom is -0.397 e. The molecule has 0 atom stereocenters. The second kappa shape index (κ2) is 5.06. The molecule has 3 N–H and O–H groups in total. The molecule has 1 saturated heterocycles. The SMILES string of the molecule is Nc1cc(Br)ccc1N1CCC(CO)CC1. The van der Waals surface area contributed by atoms with E-state index in [-0.39, 0.29) is 0 Å². The van der Waals surface area contributed by atoms with Crippen LogP contribution in [0.25, 0.3) is 0 Å². The first-order chi connectivity index (χ1) is 7.70. The van der Waals surface area contributed by atoms with E-state index in [4.69, 9.17) is 10.8 Å². The Morgan fingerprint density at radius 2 is 2.06 bits per heavy atom. The summed E-state index contributed by atoms with van der Waals surface area (Å²) in [7, 11) is 0. The lowest BCUT2D eigenvalue weighted by Crippen LogP contribution is -2.35. The van der Waals surface area contributed by atoms with Gasteiger partial charge in [0, 0.05) is 24.2 Å². The second-order valence-electron chi connectivity index (χ2n) is 4.32. The van der Waals surface area contributed by atoms with Gasteiger partial charge in [-0.25, -0.2) is 0 Å². The van der Waals surface area contributed by atoms with Crippen molar-refractivity contribution in [1.29, 1.82) is 0 Å². The molecule has 16 heavy (non-hydrogen) atoms. The smallest absolute Gasteiger partial charge is 0.0600 e. The van der Waals surface area contributed by atoms with E-state index >= 15 is 0 Å². The maximum Gasteiger partial charge on any atom is 0.0600 e. The molecule has 0 unspecified atom stereocenters. The maximum absolute atomic E-state index is 9.09. The van der Waals surface area contributed by atoms with Gasteiger partial charge < -0.3 is 15.7 Å². The molecule has 88 valence electrons. The molecule has 0 radical (unpaired) electrons. The third-order valence-corrected chi connectivity index (χ3v) is 3.70. The number of halogens is 1. The molecule has 3 nitrogen and oxygen atoms in total. The van der Waals surface area contributed by atoms with Crippen molar-refractivity contribution in [2.24, 2.45) is 5.92 Å². The molecule has 2 rings (SSSR count). The molecule has 1 aromatic carbocycles. The topological polar surface area (TPSA) is 49.5 Å². The zero-order valence-corrected chi connectivity index (χ0v) is 10.8. The molecule has 0 aliphatic carbocycles. The van der Waals surface area contributed by atoms with Crippen LogP contribution in [0.2, 0.25) is 0 Å². The molecule has 4 heteroatoms. The van der Waals surface area contributed by atoms with Gasteiger partial charge in [-0.15, -0.1) is 0 Å². The normalized spacial score (nSPS) is 17.8. The van der Waals surface area contributed by atoms with Crippen LogP contribution in [0.15, 0.2) is 22.7 Å². The quantitative estimate of drug-likeness (QED) is 0.819. The summed E-state index contributed by atoms with van der Waals surface area (Å²) in [5, 5.41) is 9.09. The van der Waals surface area contributed by atoms with E-state index in [2.05, 4.69) is 26.9 Å². The van der Waals surface area contributed by atoms with E-state index in [1.165, 1.54) is 0 Å². The maximum atomic E-state index is 9.09. The van der Waals surface area contributed by atoms with Gasteiger partial charge in [-0.3, -0.25) is 0 Å². The van der Waals surface area contributed by atoms with E-state index in [1.54, 1.807) is 0 Å². The number of nitrogen functional groups attached to an aromatic ring is 1. The van der Waals surface area contributed by atoms with Gasteiger partial charge in [-0.1, -0.05) is 15.9 Å². The molecular formula is C12H17BrN2O. The number of aliphatic hydroxyl groups excluding tert-OH is 1. The van der Waals surface area contributed by atoms with Crippen LogP contribution >= 0.6 is 15.9 Å². The number of rotatable bonds is 2. The Bertz CT molecular complexity index is 362. The molecule has 1 heterocycles. The number of hydrogen-bond acceptors (Lipinski definition) is 3. The summed E-state index contributed by atoms with van der Waals surface area (Å²) in [4.78, 5) is 2.30. The molecule has 0 saturated carbocycles. The predicted molar refractivity (Wildman–Crippen MR) is 70.6 cm³/mol. The summed E-state index contributed by atoms with van der Waals surface area (Å²) in [6.07, 6.45) is 2.10. The average molecular weight is 285 g/mol. The number of anilines is 2. The third-order valence-electron chi connectivity index (χ3n) is 3.20. The Hall–Kier alpha value is -0.740. The lowest BCUT2D eigenvalue weighted by molar-refractivity contribution is 0.203. The molecule has 0 bridgehead atoms. The van der Waals surface area contributed by atoms with Crippen LogP contribution in [0.4, 0.5) is 11.4 Å². The molecule has 1 aliphatic rings. The first-order valence-corrected chi connectivity index (χ1v) is 6.41. The van der Waals surface area contributed by atoms with Gasteiger partial charge in [-0.05, 0) is 37.0 Å². The summed E-state index contributed by atoms with van der Waals surface area (Å²) in [6.45, 7) is 2.28. The number of piperidine rings is 1. The molecule has 0 amide bonds. The van der Waals surface area contributed by atoms with Crippen LogP contribution in [0.1, 0.15) is 12.8 Å². The summed E-state index contributed by atoms with van der Waals surface area (Å²) >= 11 is 3.41. The number of aliphatic hydroxyl groups is 1. The van der Waals surface area contributed by atoms with E-state index in [1.807, 2.05) is 12.1 Å². The second-order valence-corrected chi connectivity index (χ2v) is 5.23. The minimum absolute atomic E-state index is 0.309. The molecule has 1 aromatic rings. The highest BCUT2D eigenvalue weighted by Crippen LogP contribution is 2.30. The van der Waals surface area contributed by atoms with Crippen molar-refractivity contribution in [2.45, 2.75) is 12.8 Å². The van der Waals surface area contributed by atoms with Crippen molar-refractivity contribution < 1.29 is 5.11 Å². The van der Waals surface area contributed by atoms with Crippen LogP contribution in [0.3, 0.4) is 0 Å². The van der Waals surface area contributed by atoms with Crippen molar-refractivity contribution in [3.05, 3.63) is 22.7 Å². The Morgan fingerprint density at radius 3 is 2.62 bits per heavy atom. The van der Waals surface area contributed by atoms with Crippen LogP contribution in [-0.2, 0) is 0 Å². The lowest BCUT2D eigenvalue weighted by Gasteiger charge is -2.33. The van der Waals surface area contributed by atoms with Gasteiger partial charge in [-0.2, -0.15) is 0 Å². The van der Waals surface area contributed by atoms with E-state index in [0.717, 1.165) is 41.8 Å². The zero-order valence-electron chi connectivity index (χ0n) is 9.19. The van der Waals surface area contributed by atoms with E-state index < -0.39 is 0 Å². The first-order valence-electron chi connectivity index (χ1n) is 5.61. The summed E-state index contributed by atoms with van der Waals surface area (Å²) in [5.41, 5.74) is 7.93. The van der Waals surface area contributed by atoms with Crippen LogP contribution < -0.4 is 10.6 Å². The molecule has 0 aromatic heterocycles. The zero-order chi connectivity index (χ0) is 11.5. The Morgan fingerprint density at radius 1 is 1.38 bits per heavy atom. The van der Waals surface area contributed by atoms with Crippen molar-refractivity contribution in [2.75, 3.05) is 30.3 Å². The third kappa shape index (κ3) is 2.50. The summed E-state index contributed by atoms with van der Waals surface area (Å²) in [5.74, 6) is 0.466.